The van der Waals surface area contributed by atoms with Gasteiger partial charge in [0.15, 0.2) is 0 Å². The summed E-state index contributed by atoms with van der Waals surface area (Å²) in [5, 5.41) is 4.62. The zero-order chi connectivity index (χ0) is 14.7. The average Bonchev–Trinajstić information content (AvgIpc) is 2.96. The van der Waals surface area contributed by atoms with Crippen molar-refractivity contribution in [1.82, 2.24) is 10.2 Å². The molecule has 116 valence electrons. The number of benzene rings is 1. The number of piperidine rings is 1. The third-order valence-electron chi connectivity index (χ3n) is 4.87. The predicted molar refractivity (Wildman–Crippen MR) is 90.3 cm³/mol. The summed E-state index contributed by atoms with van der Waals surface area (Å²) in [5.74, 6) is 0.767. The van der Waals surface area contributed by atoms with Crippen molar-refractivity contribution in [1.29, 1.82) is 0 Å². The quantitative estimate of drug-likeness (QED) is 0.923. The molecule has 0 amide bonds. The molecule has 1 aromatic carbocycles. The number of rotatable bonds is 4. The van der Waals surface area contributed by atoms with Crippen LogP contribution in [0.5, 0.6) is 0 Å². The molecule has 4 heteroatoms. The van der Waals surface area contributed by atoms with Gasteiger partial charge in [-0.2, -0.15) is 0 Å². The first-order valence-electron chi connectivity index (χ1n) is 8.13. The van der Waals surface area contributed by atoms with Crippen LogP contribution in [0.15, 0.2) is 24.3 Å². The maximum atomic E-state index is 6.09. The first kappa shape index (κ1) is 15.1. The second-order valence-corrected chi connectivity index (χ2v) is 7.00. The molecule has 21 heavy (non-hydrogen) atoms. The predicted octanol–water partition coefficient (Wildman–Crippen LogP) is 2.85. The standard InChI is InChI=1S/C17H26ClN3/c1-20-8-6-16(7-9-20)19-12-14-5-10-21(13-14)17-4-2-3-15(18)11-17/h2-4,11,14,16,19H,5-10,12-13H2,1H3. The minimum Gasteiger partial charge on any atom is -0.371 e. The summed E-state index contributed by atoms with van der Waals surface area (Å²) in [4.78, 5) is 4.89. The van der Waals surface area contributed by atoms with Gasteiger partial charge in [-0.25, -0.2) is 0 Å². The van der Waals surface area contributed by atoms with E-state index in [1.54, 1.807) is 0 Å². The van der Waals surface area contributed by atoms with E-state index < -0.39 is 0 Å². The molecular formula is C17H26ClN3. The lowest BCUT2D eigenvalue weighted by molar-refractivity contribution is 0.231. The second kappa shape index (κ2) is 6.99. The first-order valence-corrected chi connectivity index (χ1v) is 8.51. The third kappa shape index (κ3) is 4.12. The number of hydrogen-bond donors (Lipinski definition) is 1. The van der Waals surface area contributed by atoms with Gasteiger partial charge in [-0.3, -0.25) is 0 Å². The van der Waals surface area contributed by atoms with E-state index in [2.05, 4.69) is 34.3 Å². The molecule has 1 unspecified atom stereocenters. The van der Waals surface area contributed by atoms with Gasteiger partial charge in [0.2, 0.25) is 0 Å². The molecule has 1 atom stereocenters. The van der Waals surface area contributed by atoms with Gasteiger partial charge in [-0.05, 0) is 70.1 Å². The summed E-state index contributed by atoms with van der Waals surface area (Å²) in [5.41, 5.74) is 1.27. The highest BCUT2D eigenvalue weighted by molar-refractivity contribution is 6.30. The van der Waals surface area contributed by atoms with Gasteiger partial charge in [0.25, 0.3) is 0 Å². The summed E-state index contributed by atoms with van der Waals surface area (Å²) in [6, 6.07) is 8.95. The van der Waals surface area contributed by atoms with Gasteiger partial charge >= 0.3 is 0 Å². The van der Waals surface area contributed by atoms with Crippen molar-refractivity contribution in [2.24, 2.45) is 5.92 Å². The van der Waals surface area contributed by atoms with Crippen LogP contribution in [0.1, 0.15) is 19.3 Å². The average molecular weight is 308 g/mol. The van der Waals surface area contributed by atoms with Crippen molar-refractivity contribution in [2.75, 3.05) is 44.7 Å². The van der Waals surface area contributed by atoms with Gasteiger partial charge in [-0.1, -0.05) is 17.7 Å². The molecule has 2 fully saturated rings. The second-order valence-electron chi connectivity index (χ2n) is 6.57. The fourth-order valence-corrected chi connectivity index (χ4v) is 3.64. The van der Waals surface area contributed by atoms with Crippen molar-refractivity contribution in [2.45, 2.75) is 25.3 Å². The summed E-state index contributed by atoms with van der Waals surface area (Å²) in [7, 11) is 2.22. The van der Waals surface area contributed by atoms with Crippen molar-refractivity contribution >= 4 is 17.3 Å². The Morgan fingerprint density at radius 3 is 2.76 bits per heavy atom. The molecule has 0 bridgehead atoms. The number of hydrogen-bond acceptors (Lipinski definition) is 3. The van der Waals surface area contributed by atoms with Crippen LogP contribution < -0.4 is 10.2 Å². The van der Waals surface area contributed by atoms with Crippen molar-refractivity contribution in [3.63, 3.8) is 0 Å². The van der Waals surface area contributed by atoms with Crippen LogP contribution in [-0.4, -0.2) is 50.7 Å². The largest absolute Gasteiger partial charge is 0.371 e. The lowest BCUT2D eigenvalue weighted by Crippen LogP contribution is -2.42. The van der Waals surface area contributed by atoms with Crippen molar-refractivity contribution in [3.05, 3.63) is 29.3 Å². The molecule has 3 rings (SSSR count). The van der Waals surface area contributed by atoms with Crippen LogP contribution in [0.2, 0.25) is 5.02 Å². The summed E-state index contributed by atoms with van der Waals surface area (Å²) in [6.45, 7) is 5.93. The molecular weight excluding hydrogens is 282 g/mol. The molecule has 0 saturated carbocycles. The molecule has 1 aromatic rings. The Hall–Kier alpha value is -0.770. The summed E-state index contributed by atoms with van der Waals surface area (Å²) < 4.78 is 0. The maximum absolute atomic E-state index is 6.09. The third-order valence-corrected chi connectivity index (χ3v) is 5.11. The van der Waals surface area contributed by atoms with E-state index in [4.69, 9.17) is 11.6 Å². The number of halogens is 1. The van der Waals surface area contributed by atoms with Gasteiger partial charge in [-0.15, -0.1) is 0 Å². The van der Waals surface area contributed by atoms with Crippen molar-refractivity contribution in [3.8, 4) is 0 Å². The Morgan fingerprint density at radius 1 is 1.19 bits per heavy atom. The van der Waals surface area contributed by atoms with Gasteiger partial charge in [0.1, 0.15) is 0 Å². The van der Waals surface area contributed by atoms with Gasteiger partial charge < -0.3 is 15.1 Å². The Balaban J connectivity index is 1.44. The number of nitrogens with zero attached hydrogens (tertiary/aromatic N) is 2. The number of nitrogens with one attached hydrogen (secondary N) is 1. The highest BCUT2D eigenvalue weighted by atomic mass is 35.5. The van der Waals surface area contributed by atoms with Crippen LogP contribution in [0.4, 0.5) is 5.69 Å². The fraction of sp³-hybridized carbons (Fsp3) is 0.647. The fourth-order valence-electron chi connectivity index (χ4n) is 3.45. The molecule has 0 aliphatic carbocycles. The van der Waals surface area contributed by atoms with Gasteiger partial charge in [0.05, 0.1) is 0 Å². The molecule has 0 radical (unpaired) electrons. The van der Waals surface area contributed by atoms with E-state index >= 15 is 0 Å². The van der Waals surface area contributed by atoms with E-state index in [-0.39, 0.29) is 0 Å². The SMILES string of the molecule is CN1CCC(NCC2CCN(c3cccc(Cl)c3)C2)CC1. The topological polar surface area (TPSA) is 18.5 Å². The van der Waals surface area contributed by atoms with Crippen LogP contribution in [0, 0.1) is 5.92 Å². The van der Waals surface area contributed by atoms with E-state index in [0.717, 1.165) is 36.6 Å². The lowest BCUT2D eigenvalue weighted by Gasteiger charge is -2.30. The van der Waals surface area contributed by atoms with Crippen molar-refractivity contribution < 1.29 is 0 Å². The smallest absolute Gasteiger partial charge is 0.0426 e. The Labute approximate surface area is 133 Å². The van der Waals surface area contributed by atoms with E-state index in [9.17, 15) is 0 Å². The van der Waals surface area contributed by atoms with E-state index in [1.165, 1.54) is 38.0 Å². The van der Waals surface area contributed by atoms with Gasteiger partial charge in [0, 0.05) is 29.8 Å². The van der Waals surface area contributed by atoms with E-state index in [0.29, 0.717) is 0 Å². The Morgan fingerprint density at radius 2 is 2.00 bits per heavy atom. The Kier molecular flexibility index (Phi) is 5.04. The van der Waals surface area contributed by atoms with E-state index in [1.807, 2.05) is 12.1 Å². The monoisotopic (exact) mass is 307 g/mol. The number of likely N-dealkylation sites (tertiary alicyclic amines) is 1. The minimum atomic E-state index is 0.724. The first-order chi connectivity index (χ1) is 10.2. The maximum Gasteiger partial charge on any atom is 0.0426 e. The molecule has 2 aliphatic heterocycles. The molecule has 3 nitrogen and oxygen atoms in total. The van der Waals surface area contributed by atoms with Crippen LogP contribution in [0.25, 0.3) is 0 Å². The highest BCUT2D eigenvalue weighted by Gasteiger charge is 2.24. The Bertz CT molecular complexity index is 457. The molecule has 0 spiro atoms. The molecule has 2 heterocycles. The normalized spacial score (nSPS) is 24.7. The molecule has 2 saturated heterocycles. The highest BCUT2D eigenvalue weighted by Crippen LogP contribution is 2.26. The van der Waals surface area contributed by atoms with Crippen LogP contribution >= 0.6 is 11.6 Å². The molecule has 2 aliphatic rings. The minimum absolute atomic E-state index is 0.724. The molecule has 1 N–H and O–H groups in total. The lowest BCUT2D eigenvalue weighted by atomic mass is 10.0. The number of anilines is 1. The van der Waals surface area contributed by atoms with Crippen LogP contribution in [0.3, 0.4) is 0 Å². The zero-order valence-electron chi connectivity index (χ0n) is 12.9. The summed E-state index contributed by atoms with van der Waals surface area (Å²) >= 11 is 6.09. The zero-order valence-corrected chi connectivity index (χ0v) is 13.6. The summed E-state index contributed by atoms with van der Waals surface area (Å²) in [6.07, 6.45) is 3.87. The van der Waals surface area contributed by atoms with Crippen LogP contribution in [-0.2, 0) is 0 Å². The molecule has 0 aromatic heterocycles.